The predicted molar refractivity (Wildman–Crippen MR) is 90.7 cm³/mol. The Kier molecular flexibility index (Phi) is 10.8. The molecule has 0 aliphatic carbocycles. The number of amides is 2. The highest BCUT2D eigenvalue weighted by Gasteiger charge is 2.19. The normalized spacial score (nSPS) is 14.6. The molecule has 1 N–H and O–H groups in total. The fraction of sp³-hybridized carbons (Fsp3) is 0.889. The third-order valence-electron chi connectivity index (χ3n) is 4.38. The molecule has 0 unspecified atom stereocenters. The number of nitrogens with zero attached hydrogens (tertiary/aromatic N) is 1. The van der Waals surface area contributed by atoms with Crippen LogP contribution in [0, 0.1) is 0 Å². The second-order valence-corrected chi connectivity index (χ2v) is 6.41. The molecule has 128 valence electrons. The lowest BCUT2D eigenvalue weighted by Gasteiger charge is -2.15. The van der Waals surface area contributed by atoms with E-state index in [1.54, 1.807) is 0 Å². The largest absolute Gasteiger partial charge is 0.354 e. The summed E-state index contributed by atoms with van der Waals surface area (Å²) in [7, 11) is 0. The van der Waals surface area contributed by atoms with Crippen molar-refractivity contribution in [2.45, 2.75) is 84.0 Å². The number of rotatable bonds is 13. The van der Waals surface area contributed by atoms with Crippen molar-refractivity contribution in [3.8, 4) is 0 Å². The molecule has 22 heavy (non-hydrogen) atoms. The van der Waals surface area contributed by atoms with Gasteiger partial charge in [0.05, 0.1) is 0 Å². The van der Waals surface area contributed by atoms with Gasteiger partial charge < -0.3 is 10.2 Å². The quantitative estimate of drug-likeness (QED) is 0.528. The maximum atomic E-state index is 11.7. The first kappa shape index (κ1) is 19.0. The Balaban J connectivity index is 1.84. The summed E-state index contributed by atoms with van der Waals surface area (Å²) in [4.78, 5) is 25.0. The SMILES string of the molecule is CCCCCCCCCCCC(=O)NCCN1CCCC1=O. The summed E-state index contributed by atoms with van der Waals surface area (Å²) in [5.41, 5.74) is 0. The van der Waals surface area contributed by atoms with Crippen molar-refractivity contribution < 1.29 is 9.59 Å². The minimum Gasteiger partial charge on any atom is -0.354 e. The van der Waals surface area contributed by atoms with Crippen LogP contribution in [0.25, 0.3) is 0 Å². The zero-order chi connectivity index (χ0) is 16.0. The zero-order valence-corrected chi connectivity index (χ0v) is 14.4. The lowest BCUT2D eigenvalue weighted by molar-refractivity contribution is -0.128. The Morgan fingerprint density at radius 2 is 1.68 bits per heavy atom. The summed E-state index contributed by atoms with van der Waals surface area (Å²) < 4.78 is 0. The van der Waals surface area contributed by atoms with Crippen molar-refractivity contribution >= 4 is 11.8 Å². The van der Waals surface area contributed by atoms with Crippen LogP contribution in [-0.2, 0) is 9.59 Å². The molecule has 1 heterocycles. The van der Waals surface area contributed by atoms with E-state index in [1.165, 1.54) is 44.9 Å². The van der Waals surface area contributed by atoms with E-state index < -0.39 is 0 Å². The van der Waals surface area contributed by atoms with Crippen LogP contribution in [0.5, 0.6) is 0 Å². The van der Waals surface area contributed by atoms with Gasteiger partial charge >= 0.3 is 0 Å². The number of likely N-dealkylation sites (tertiary alicyclic amines) is 1. The van der Waals surface area contributed by atoms with E-state index in [2.05, 4.69) is 12.2 Å². The number of unbranched alkanes of at least 4 members (excludes halogenated alkanes) is 8. The third-order valence-corrected chi connectivity index (χ3v) is 4.38. The van der Waals surface area contributed by atoms with Crippen molar-refractivity contribution in [1.82, 2.24) is 10.2 Å². The van der Waals surface area contributed by atoms with E-state index in [1.807, 2.05) is 4.90 Å². The molecule has 1 aliphatic rings. The highest BCUT2D eigenvalue weighted by atomic mass is 16.2. The smallest absolute Gasteiger partial charge is 0.222 e. The summed E-state index contributed by atoms with van der Waals surface area (Å²) in [6.45, 7) is 4.37. The standard InChI is InChI=1S/C18H34N2O2/c1-2-3-4-5-6-7-8-9-10-12-17(21)19-14-16-20-15-11-13-18(20)22/h2-16H2,1H3,(H,19,21). The van der Waals surface area contributed by atoms with Crippen LogP contribution >= 0.6 is 0 Å². The van der Waals surface area contributed by atoms with Crippen molar-refractivity contribution in [1.29, 1.82) is 0 Å². The van der Waals surface area contributed by atoms with E-state index >= 15 is 0 Å². The predicted octanol–water partition coefficient (Wildman–Crippen LogP) is 3.65. The summed E-state index contributed by atoms with van der Waals surface area (Å²) in [5, 5.41) is 2.92. The van der Waals surface area contributed by atoms with Gasteiger partial charge in [-0.3, -0.25) is 9.59 Å². The monoisotopic (exact) mass is 310 g/mol. The molecule has 0 aromatic heterocycles. The summed E-state index contributed by atoms with van der Waals surface area (Å²) in [6, 6.07) is 0. The van der Waals surface area contributed by atoms with Gasteiger partial charge in [0.1, 0.15) is 0 Å². The maximum absolute atomic E-state index is 11.7. The van der Waals surface area contributed by atoms with E-state index in [9.17, 15) is 9.59 Å². The van der Waals surface area contributed by atoms with E-state index in [4.69, 9.17) is 0 Å². The highest BCUT2D eigenvalue weighted by Crippen LogP contribution is 2.10. The first-order chi connectivity index (χ1) is 10.7. The van der Waals surface area contributed by atoms with Crippen molar-refractivity contribution in [2.75, 3.05) is 19.6 Å². The van der Waals surface area contributed by atoms with Gasteiger partial charge in [-0.05, 0) is 12.8 Å². The molecule has 0 bridgehead atoms. The van der Waals surface area contributed by atoms with Crippen molar-refractivity contribution in [3.63, 3.8) is 0 Å². The molecular weight excluding hydrogens is 276 g/mol. The maximum Gasteiger partial charge on any atom is 0.222 e. The Labute approximate surface area is 136 Å². The first-order valence-electron chi connectivity index (χ1n) is 9.28. The zero-order valence-electron chi connectivity index (χ0n) is 14.4. The second kappa shape index (κ2) is 12.5. The van der Waals surface area contributed by atoms with Crippen LogP contribution in [0.2, 0.25) is 0 Å². The van der Waals surface area contributed by atoms with Gasteiger partial charge in [0.2, 0.25) is 11.8 Å². The molecule has 4 nitrogen and oxygen atoms in total. The molecule has 1 rings (SSSR count). The number of nitrogens with one attached hydrogen (secondary N) is 1. The fourth-order valence-corrected chi connectivity index (χ4v) is 2.96. The number of carbonyl (C=O) groups is 2. The second-order valence-electron chi connectivity index (χ2n) is 6.41. The van der Waals surface area contributed by atoms with Crippen LogP contribution in [-0.4, -0.2) is 36.3 Å². The topological polar surface area (TPSA) is 49.4 Å². The molecule has 1 saturated heterocycles. The lowest BCUT2D eigenvalue weighted by atomic mass is 10.1. The van der Waals surface area contributed by atoms with Crippen molar-refractivity contribution in [3.05, 3.63) is 0 Å². The van der Waals surface area contributed by atoms with Gasteiger partial charge in [0.15, 0.2) is 0 Å². The van der Waals surface area contributed by atoms with Gasteiger partial charge in [0.25, 0.3) is 0 Å². The van der Waals surface area contributed by atoms with Crippen LogP contribution in [0.3, 0.4) is 0 Å². The number of hydrogen-bond donors (Lipinski definition) is 1. The molecule has 1 fully saturated rings. The summed E-state index contributed by atoms with van der Waals surface area (Å²) >= 11 is 0. The molecule has 0 aromatic carbocycles. The number of carbonyl (C=O) groups excluding carboxylic acids is 2. The Morgan fingerprint density at radius 1 is 1.05 bits per heavy atom. The molecule has 0 spiro atoms. The van der Waals surface area contributed by atoms with E-state index in [0.717, 1.165) is 25.8 Å². The van der Waals surface area contributed by atoms with Gasteiger partial charge in [0, 0.05) is 32.5 Å². The molecule has 0 radical (unpaired) electrons. The van der Waals surface area contributed by atoms with Crippen LogP contribution in [0.1, 0.15) is 84.0 Å². The fourth-order valence-electron chi connectivity index (χ4n) is 2.96. The van der Waals surface area contributed by atoms with Gasteiger partial charge in [-0.2, -0.15) is 0 Å². The lowest BCUT2D eigenvalue weighted by Crippen LogP contribution is -2.35. The minimum absolute atomic E-state index is 0.134. The molecule has 1 aliphatic heterocycles. The molecule has 0 aromatic rings. The molecule has 0 saturated carbocycles. The van der Waals surface area contributed by atoms with E-state index in [-0.39, 0.29) is 11.8 Å². The summed E-state index contributed by atoms with van der Waals surface area (Å²) in [5.74, 6) is 0.364. The van der Waals surface area contributed by atoms with Crippen molar-refractivity contribution in [2.24, 2.45) is 0 Å². The highest BCUT2D eigenvalue weighted by molar-refractivity contribution is 5.78. The van der Waals surface area contributed by atoms with Gasteiger partial charge in [-0.15, -0.1) is 0 Å². The summed E-state index contributed by atoms with van der Waals surface area (Å²) in [6.07, 6.45) is 13.7. The number of hydrogen-bond acceptors (Lipinski definition) is 2. The molecule has 0 atom stereocenters. The molecule has 2 amide bonds. The van der Waals surface area contributed by atoms with Crippen LogP contribution in [0.15, 0.2) is 0 Å². The van der Waals surface area contributed by atoms with Gasteiger partial charge in [-0.25, -0.2) is 0 Å². The third kappa shape index (κ3) is 9.06. The molecular formula is C18H34N2O2. The van der Waals surface area contributed by atoms with Crippen LogP contribution < -0.4 is 5.32 Å². The first-order valence-corrected chi connectivity index (χ1v) is 9.28. The average Bonchev–Trinajstić information content (AvgIpc) is 2.91. The molecule has 4 heteroatoms. The Bertz CT molecular complexity index is 318. The Morgan fingerprint density at radius 3 is 2.27 bits per heavy atom. The van der Waals surface area contributed by atoms with Gasteiger partial charge in [-0.1, -0.05) is 58.3 Å². The Hall–Kier alpha value is -1.06. The van der Waals surface area contributed by atoms with Crippen LogP contribution in [0.4, 0.5) is 0 Å². The average molecular weight is 310 g/mol. The minimum atomic E-state index is 0.134. The van der Waals surface area contributed by atoms with E-state index in [0.29, 0.717) is 25.9 Å².